The Labute approximate surface area is 177 Å². The van der Waals surface area contributed by atoms with Crippen LogP contribution in [0.25, 0.3) is 0 Å². The van der Waals surface area contributed by atoms with Gasteiger partial charge in [-0.2, -0.15) is 0 Å². The normalized spacial score (nSPS) is 10.7. The standard InChI is InChI=1S/C21H17BrCl2N2O/c1-14-7-17(4-5-20(14)22)21(27)26(12-15-3-2-6-25-11-15)13-16-8-18(23)10-19(24)9-16/h2-11H,12-13H2,1H3. The second kappa shape index (κ2) is 8.87. The van der Waals surface area contributed by atoms with Crippen molar-refractivity contribution < 1.29 is 4.79 Å². The number of hydrogen-bond acceptors (Lipinski definition) is 2. The molecule has 3 rings (SSSR count). The minimum Gasteiger partial charge on any atom is -0.330 e. The van der Waals surface area contributed by atoms with Crippen LogP contribution < -0.4 is 0 Å². The Bertz CT molecular complexity index is 943. The summed E-state index contributed by atoms with van der Waals surface area (Å²) in [5.41, 5.74) is 3.46. The molecule has 3 aromatic rings. The molecule has 0 aliphatic heterocycles. The fraction of sp³-hybridized carbons (Fsp3) is 0.143. The lowest BCUT2D eigenvalue weighted by molar-refractivity contribution is 0.0729. The number of aromatic nitrogens is 1. The van der Waals surface area contributed by atoms with Gasteiger partial charge in [-0.1, -0.05) is 45.2 Å². The van der Waals surface area contributed by atoms with Crippen LogP contribution in [0.4, 0.5) is 0 Å². The van der Waals surface area contributed by atoms with E-state index in [2.05, 4.69) is 20.9 Å². The van der Waals surface area contributed by atoms with E-state index in [1.807, 2.05) is 49.4 Å². The van der Waals surface area contributed by atoms with Crippen LogP contribution >= 0.6 is 39.1 Å². The zero-order valence-corrected chi connectivity index (χ0v) is 17.7. The largest absolute Gasteiger partial charge is 0.330 e. The van der Waals surface area contributed by atoms with E-state index in [0.29, 0.717) is 28.7 Å². The molecule has 0 saturated heterocycles. The number of nitrogens with zero attached hydrogens (tertiary/aromatic N) is 2. The van der Waals surface area contributed by atoms with Gasteiger partial charge in [-0.05, 0) is 66.1 Å². The van der Waals surface area contributed by atoms with E-state index >= 15 is 0 Å². The highest BCUT2D eigenvalue weighted by molar-refractivity contribution is 9.10. The molecule has 0 atom stereocenters. The van der Waals surface area contributed by atoms with Gasteiger partial charge in [-0.25, -0.2) is 0 Å². The number of hydrogen-bond donors (Lipinski definition) is 0. The molecular formula is C21H17BrCl2N2O. The molecule has 0 unspecified atom stereocenters. The molecule has 0 aliphatic carbocycles. The first-order valence-corrected chi connectivity index (χ1v) is 9.86. The first-order valence-electron chi connectivity index (χ1n) is 8.31. The fourth-order valence-electron chi connectivity index (χ4n) is 2.79. The molecule has 0 saturated carbocycles. The minimum atomic E-state index is -0.0643. The summed E-state index contributed by atoms with van der Waals surface area (Å²) >= 11 is 15.7. The third kappa shape index (κ3) is 5.32. The molecule has 3 nitrogen and oxygen atoms in total. The van der Waals surface area contributed by atoms with Gasteiger partial charge < -0.3 is 4.90 Å². The number of carbonyl (C=O) groups is 1. The number of benzene rings is 2. The summed E-state index contributed by atoms with van der Waals surface area (Å²) < 4.78 is 0.972. The number of amides is 1. The molecule has 0 spiro atoms. The van der Waals surface area contributed by atoms with Gasteiger partial charge in [0.2, 0.25) is 0 Å². The lowest BCUT2D eigenvalue weighted by Crippen LogP contribution is -2.30. The number of pyridine rings is 1. The second-order valence-electron chi connectivity index (χ2n) is 6.26. The van der Waals surface area contributed by atoms with Gasteiger partial charge >= 0.3 is 0 Å². The first kappa shape index (κ1) is 19.9. The van der Waals surface area contributed by atoms with Gasteiger partial charge in [0.1, 0.15) is 0 Å². The van der Waals surface area contributed by atoms with Crippen molar-refractivity contribution in [3.05, 3.63) is 97.7 Å². The van der Waals surface area contributed by atoms with Crippen LogP contribution in [0.1, 0.15) is 27.0 Å². The average molecular weight is 464 g/mol. The Hall–Kier alpha value is -1.88. The van der Waals surface area contributed by atoms with Crippen LogP contribution in [0, 0.1) is 6.92 Å². The fourth-order valence-corrected chi connectivity index (χ4v) is 3.61. The lowest BCUT2D eigenvalue weighted by atomic mass is 10.1. The van der Waals surface area contributed by atoms with Crippen molar-refractivity contribution in [3.8, 4) is 0 Å². The van der Waals surface area contributed by atoms with Gasteiger partial charge in [0.15, 0.2) is 0 Å². The smallest absolute Gasteiger partial charge is 0.254 e. The summed E-state index contributed by atoms with van der Waals surface area (Å²) in [5.74, 6) is -0.0643. The van der Waals surface area contributed by atoms with Gasteiger partial charge in [0.05, 0.1) is 0 Å². The molecule has 27 heavy (non-hydrogen) atoms. The number of carbonyl (C=O) groups excluding carboxylic acids is 1. The Morgan fingerprint density at radius 3 is 2.37 bits per heavy atom. The highest BCUT2D eigenvalue weighted by Crippen LogP contribution is 2.23. The summed E-state index contributed by atoms with van der Waals surface area (Å²) in [5, 5.41) is 1.09. The van der Waals surface area contributed by atoms with Crippen molar-refractivity contribution in [1.29, 1.82) is 0 Å². The van der Waals surface area contributed by atoms with E-state index in [4.69, 9.17) is 23.2 Å². The predicted octanol–water partition coefficient (Wildman–Crippen LogP) is 6.30. The van der Waals surface area contributed by atoms with E-state index in [0.717, 1.165) is 21.2 Å². The summed E-state index contributed by atoms with van der Waals surface area (Å²) in [6.45, 7) is 2.79. The van der Waals surface area contributed by atoms with Crippen LogP contribution in [-0.2, 0) is 13.1 Å². The monoisotopic (exact) mass is 462 g/mol. The maximum atomic E-state index is 13.2. The molecular weight excluding hydrogens is 447 g/mol. The third-order valence-electron chi connectivity index (χ3n) is 4.08. The number of aryl methyl sites for hydroxylation is 1. The van der Waals surface area contributed by atoms with Crippen LogP contribution in [0.15, 0.2) is 65.4 Å². The minimum absolute atomic E-state index is 0.0643. The highest BCUT2D eigenvalue weighted by Gasteiger charge is 2.18. The highest BCUT2D eigenvalue weighted by atomic mass is 79.9. The van der Waals surface area contributed by atoms with Crippen molar-refractivity contribution >= 4 is 45.0 Å². The predicted molar refractivity (Wildman–Crippen MR) is 113 cm³/mol. The summed E-state index contributed by atoms with van der Waals surface area (Å²) in [7, 11) is 0. The van der Waals surface area contributed by atoms with E-state index in [1.54, 1.807) is 23.4 Å². The van der Waals surface area contributed by atoms with Crippen LogP contribution in [-0.4, -0.2) is 15.8 Å². The molecule has 1 amide bonds. The van der Waals surface area contributed by atoms with Crippen molar-refractivity contribution in [2.75, 3.05) is 0 Å². The number of halogens is 3. The van der Waals surface area contributed by atoms with Crippen molar-refractivity contribution in [2.24, 2.45) is 0 Å². The molecule has 1 aromatic heterocycles. The average Bonchev–Trinajstić information content (AvgIpc) is 2.63. The molecule has 0 fully saturated rings. The number of rotatable bonds is 5. The summed E-state index contributed by atoms with van der Waals surface area (Å²) in [6.07, 6.45) is 3.47. The van der Waals surface area contributed by atoms with E-state index in [9.17, 15) is 4.79 Å². The molecule has 138 valence electrons. The van der Waals surface area contributed by atoms with E-state index in [1.165, 1.54) is 0 Å². The third-order valence-corrected chi connectivity index (χ3v) is 5.41. The molecule has 0 aliphatic rings. The topological polar surface area (TPSA) is 33.2 Å². The molecule has 2 aromatic carbocycles. The Balaban J connectivity index is 1.93. The summed E-state index contributed by atoms with van der Waals surface area (Å²) in [4.78, 5) is 19.1. The maximum Gasteiger partial charge on any atom is 0.254 e. The van der Waals surface area contributed by atoms with Crippen LogP contribution in [0.5, 0.6) is 0 Å². The first-order chi connectivity index (χ1) is 12.9. The Kier molecular flexibility index (Phi) is 6.53. The van der Waals surface area contributed by atoms with Crippen LogP contribution in [0.2, 0.25) is 10.0 Å². The zero-order chi connectivity index (χ0) is 19.4. The van der Waals surface area contributed by atoms with Gasteiger partial charge in [0.25, 0.3) is 5.91 Å². The molecule has 1 heterocycles. The molecule has 6 heteroatoms. The van der Waals surface area contributed by atoms with Crippen molar-refractivity contribution in [2.45, 2.75) is 20.0 Å². The van der Waals surface area contributed by atoms with Crippen molar-refractivity contribution in [3.63, 3.8) is 0 Å². The van der Waals surface area contributed by atoms with Crippen molar-refractivity contribution in [1.82, 2.24) is 9.88 Å². The van der Waals surface area contributed by atoms with E-state index < -0.39 is 0 Å². The SMILES string of the molecule is Cc1cc(C(=O)N(Cc2cccnc2)Cc2cc(Cl)cc(Cl)c2)ccc1Br. The molecule has 0 bridgehead atoms. The maximum absolute atomic E-state index is 13.2. The second-order valence-corrected chi connectivity index (χ2v) is 7.99. The lowest BCUT2D eigenvalue weighted by Gasteiger charge is -2.23. The summed E-state index contributed by atoms with van der Waals surface area (Å²) in [6, 6.07) is 14.7. The molecule has 0 radical (unpaired) electrons. The Morgan fingerprint density at radius 1 is 1.04 bits per heavy atom. The molecule has 0 N–H and O–H groups in total. The zero-order valence-electron chi connectivity index (χ0n) is 14.6. The van der Waals surface area contributed by atoms with Gasteiger partial charge in [-0.15, -0.1) is 0 Å². The quantitative estimate of drug-likeness (QED) is 0.444. The van der Waals surface area contributed by atoms with Gasteiger partial charge in [0, 0.05) is 45.6 Å². The van der Waals surface area contributed by atoms with Crippen LogP contribution in [0.3, 0.4) is 0 Å². The van der Waals surface area contributed by atoms with E-state index in [-0.39, 0.29) is 5.91 Å². The Morgan fingerprint density at radius 2 is 1.74 bits per heavy atom. The van der Waals surface area contributed by atoms with Gasteiger partial charge in [-0.3, -0.25) is 9.78 Å².